The van der Waals surface area contributed by atoms with Gasteiger partial charge in [-0.25, -0.2) is 0 Å². The highest BCUT2D eigenvalue weighted by atomic mass is 16.7. The lowest BCUT2D eigenvalue weighted by molar-refractivity contribution is -0.384. The highest BCUT2D eigenvalue weighted by Gasteiger charge is 2.26. The molecule has 0 spiro atoms. The van der Waals surface area contributed by atoms with Crippen molar-refractivity contribution in [3.8, 4) is 12.8 Å². The molecule has 184 valence electrons. The maximum atomic E-state index is 11.5. The fourth-order valence-corrected chi connectivity index (χ4v) is 4.38. The van der Waals surface area contributed by atoms with Crippen molar-refractivity contribution in [3.63, 3.8) is 0 Å². The molecule has 1 aromatic rings. The van der Waals surface area contributed by atoms with Gasteiger partial charge in [0.05, 0.1) is 24.2 Å². The SMILES string of the molecule is C#C.O=[N+]([O-])c1cc(CN2CCCO2)ccc1NCCCCCCN1CC[C@@H](O)C[C@H]1CO. The average Bonchev–Trinajstić information content (AvgIpc) is 3.34. The Labute approximate surface area is 196 Å². The van der Waals surface area contributed by atoms with Crippen LogP contribution in [0.2, 0.25) is 0 Å². The highest BCUT2D eigenvalue weighted by Crippen LogP contribution is 2.27. The number of unbranched alkanes of at least 4 members (excludes halogenated alkanes) is 3. The molecular weight excluding hydrogens is 424 g/mol. The molecule has 9 nitrogen and oxygen atoms in total. The summed E-state index contributed by atoms with van der Waals surface area (Å²) in [5, 5.41) is 35.8. The zero-order valence-electron chi connectivity index (χ0n) is 19.4. The molecule has 2 aliphatic heterocycles. The fourth-order valence-electron chi connectivity index (χ4n) is 4.38. The molecule has 2 atom stereocenters. The minimum absolute atomic E-state index is 0.0750. The van der Waals surface area contributed by atoms with Crippen LogP contribution in [-0.4, -0.2) is 76.6 Å². The minimum Gasteiger partial charge on any atom is -0.395 e. The van der Waals surface area contributed by atoms with Crippen molar-refractivity contribution >= 4 is 11.4 Å². The van der Waals surface area contributed by atoms with Gasteiger partial charge in [-0.2, -0.15) is 5.06 Å². The van der Waals surface area contributed by atoms with Crippen molar-refractivity contribution in [2.24, 2.45) is 0 Å². The normalized spacial score (nSPS) is 21.3. The highest BCUT2D eigenvalue weighted by molar-refractivity contribution is 5.62. The van der Waals surface area contributed by atoms with Crippen molar-refractivity contribution in [1.82, 2.24) is 9.96 Å². The monoisotopic (exact) mass is 462 g/mol. The van der Waals surface area contributed by atoms with Crippen LogP contribution in [0.1, 0.15) is 50.5 Å². The number of terminal acetylenes is 1. The molecular formula is C24H38N4O5. The van der Waals surface area contributed by atoms with E-state index < -0.39 is 0 Å². The Hall–Kier alpha value is -2.22. The number of hydrogen-bond donors (Lipinski definition) is 3. The van der Waals surface area contributed by atoms with E-state index in [0.717, 1.165) is 63.7 Å². The summed E-state index contributed by atoms with van der Waals surface area (Å²) < 4.78 is 0. The van der Waals surface area contributed by atoms with E-state index in [-0.39, 0.29) is 29.4 Å². The number of aliphatic hydroxyl groups is 2. The number of nitrogens with one attached hydrogen (secondary N) is 1. The minimum atomic E-state index is -0.330. The van der Waals surface area contributed by atoms with Gasteiger partial charge in [0.1, 0.15) is 5.69 Å². The van der Waals surface area contributed by atoms with Gasteiger partial charge in [0.2, 0.25) is 0 Å². The summed E-state index contributed by atoms with van der Waals surface area (Å²) in [7, 11) is 0. The number of aliphatic hydroxyl groups excluding tert-OH is 2. The van der Waals surface area contributed by atoms with Crippen molar-refractivity contribution in [1.29, 1.82) is 0 Å². The van der Waals surface area contributed by atoms with Crippen molar-refractivity contribution in [3.05, 3.63) is 33.9 Å². The standard InChI is InChI=1S/C22H36N4O5.C2H2/c27-17-19-15-20(28)8-12-24(19)10-4-2-1-3-9-23-21-7-6-18(14-22(21)26(29)30)16-25-11-5-13-31-25;1-2/h6-7,14,19-20,23,27-28H,1-5,8-13,15-17H2;1-2H/t19-,20+;/m0./s1. The first-order valence-electron chi connectivity index (χ1n) is 11.8. The average molecular weight is 463 g/mol. The van der Waals surface area contributed by atoms with E-state index in [0.29, 0.717) is 31.8 Å². The summed E-state index contributed by atoms with van der Waals surface area (Å²) >= 11 is 0. The molecule has 0 unspecified atom stereocenters. The maximum absolute atomic E-state index is 11.5. The van der Waals surface area contributed by atoms with Crippen LogP contribution in [0.5, 0.6) is 0 Å². The van der Waals surface area contributed by atoms with Crippen LogP contribution < -0.4 is 5.32 Å². The van der Waals surface area contributed by atoms with Crippen LogP contribution in [0.4, 0.5) is 11.4 Å². The first-order valence-corrected chi connectivity index (χ1v) is 11.8. The summed E-state index contributed by atoms with van der Waals surface area (Å²) in [6.45, 7) is 4.72. The predicted octanol–water partition coefficient (Wildman–Crippen LogP) is 2.77. The molecule has 0 saturated carbocycles. The van der Waals surface area contributed by atoms with Gasteiger partial charge in [0.15, 0.2) is 0 Å². The van der Waals surface area contributed by atoms with E-state index in [1.165, 1.54) is 0 Å². The molecule has 2 heterocycles. The molecule has 33 heavy (non-hydrogen) atoms. The molecule has 0 aromatic heterocycles. The van der Waals surface area contributed by atoms with Crippen molar-refractivity contribution < 1.29 is 20.0 Å². The maximum Gasteiger partial charge on any atom is 0.292 e. The number of anilines is 1. The first kappa shape index (κ1) is 27.0. The third-order valence-electron chi connectivity index (χ3n) is 6.15. The van der Waals surface area contributed by atoms with Crippen LogP contribution in [-0.2, 0) is 11.4 Å². The van der Waals surface area contributed by atoms with Gasteiger partial charge in [-0.1, -0.05) is 18.9 Å². The van der Waals surface area contributed by atoms with Gasteiger partial charge in [0, 0.05) is 38.3 Å². The van der Waals surface area contributed by atoms with Crippen LogP contribution in [0, 0.1) is 23.0 Å². The molecule has 0 aliphatic carbocycles. The zero-order valence-corrected chi connectivity index (χ0v) is 19.4. The summed E-state index contributed by atoms with van der Waals surface area (Å²) in [4.78, 5) is 18.9. The Bertz CT molecular complexity index is 739. The number of likely N-dealkylation sites (tertiary alicyclic amines) is 1. The second kappa shape index (κ2) is 14.8. The molecule has 2 fully saturated rings. The molecule has 2 aliphatic rings. The third-order valence-corrected chi connectivity index (χ3v) is 6.15. The van der Waals surface area contributed by atoms with Crippen LogP contribution in [0.15, 0.2) is 18.2 Å². The lowest BCUT2D eigenvalue weighted by Crippen LogP contribution is -2.46. The third kappa shape index (κ3) is 8.91. The largest absolute Gasteiger partial charge is 0.395 e. The van der Waals surface area contributed by atoms with E-state index in [1.54, 1.807) is 12.1 Å². The Morgan fingerprint density at radius 1 is 1.21 bits per heavy atom. The predicted molar refractivity (Wildman–Crippen MR) is 129 cm³/mol. The molecule has 2 saturated heterocycles. The summed E-state index contributed by atoms with van der Waals surface area (Å²) in [6.07, 6.45) is 14.3. The number of benzene rings is 1. The summed E-state index contributed by atoms with van der Waals surface area (Å²) in [5.74, 6) is 0. The van der Waals surface area contributed by atoms with Gasteiger partial charge in [-0.3, -0.25) is 19.9 Å². The summed E-state index contributed by atoms with van der Waals surface area (Å²) in [6, 6.07) is 5.43. The zero-order chi connectivity index (χ0) is 24.1. The van der Waals surface area contributed by atoms with Gasteiger partial charge < -0.3 is 15.5 Å². The molecule has 0 amide bonds. The second-order valence-corrected chi connectivity index (χ2v) is 8.55. The lowest BCUT2D eigenvalue weighted by Gasteiger charge is -2.36. The van der Waals surface area contributed by atoms with Crippen molar-refractivity contribution in [2.45, 2.75) is 63.6 Å². The van der Waals surface area contributed by atoms with E-state index in [9.17, 15) is 20.3 Å². The molecule has 0 radical (unpaired) electrons. The number of nitrogens with zero attached hydrogens (tertiary/aromatic N) is 3. The van der Waals surface area contributed by atoms with Crippen molar-refractivity contribution in [2.75, 3.05) is 44.7 Å². The second-order valence-electron chi connectivity index (χ2n) is 8.55. The number of hydroxylamine groups is 2. The number of piperidine rings is 1. The Morgan fingerprint density at radius 3 is 2.70 bits per heavy atom. The number of hydrogen-bond acceptors (Lipinski definition) is 8. The topological polar surface area (TPSA) is 111 Å². The van der Waals surface area contributed by atoms with Gasteiger partial charge in [-0.15, -0.1) is 12.8 Å². The Balaban J connectivity index is 0.00000187. The summed E-state index contributed by atoms with van der Waals surface area (Å²) in [5.41, 5.74) is 1.55. The number of nitro groups is 1. The van der Waals surface area contributed by atoms with E-state index >= 15 is 0 Å². The molecule has 3 rings (SSSR count). The van der Waals surface area contributed by atoms with Gasteiger partial charge in [-0.05, 0) is 50.3 Å². The van der Waals surface area contributed by atoms with Gasteiger partial charge in [0.25, 0.3) is 5.69 Å². The van der Waals surface area contributed by atoms with Crippen LogP contribution in [0.25, 0.3) is 0 Å². The molecule has 0 bridgehead atoms. The van der Waals surface area contributed by atoms with Crippen LogP contribution in [0.3, 0.4) is 0 Å². The fraction of sp³-hybridized carbons (Fsp3) is 0.667. The molecule has 9 heteroatoms. The first-order chi connectivity index (χ1) is 16.1. The van der Waals surface area contributed by atoms with E-state index in [2.05, 4.69) is 23.1 Å². The molecule has 3 N–H and O–H groups in total. The van der Waals surface area contributed by atoms with Gasteiger partial charge >= 0.3 is 0 Å². The lowest BCUT2D eigenvalue weighted by atomic mass is 9.99. The van der Waals surface area contributed by atoms with E-state index in [1.807, 2.05) is 11.1 Å². The quantitative estimate of drug-likeness (QED) is 0.188. The van der Waals surface area contributed by atoms with Crippen LogP contribution >= 0.6 is 0 Å². The number of nitro benzene ring substituents is 1. The number of rotatable bonds is 12. The molecule has 1 aromatic carbocycles. The Kier molecular flexibility index (Phi) is 12.1. The smallest absolute Gasteiger partial charge is 0.292 e. The van der Waals surface area contributed by atoms with E-state index in [4.69, 9.17) is 4.84 Å². The Morgan fingerprint density at radius 2 is 2.00 bits per heavy atom.